The van der Waals surface area contributed by atoms with Gasteiger partial charge in [-0.2, -0.15) is 5.10 Å². The van der Waals surface area contributed by atoms with E-state index in [0.29, 0.717) is 12.3 Å². The van der Waals surface area contributed by atoms with Crippen molar-refractivity contribution in [2.45, 2.75) is 13.8 Å². The van der Waals surface area contributed by atoms with Gasteiger partial charge < -0.3 is 9.72 Å². The maximum absolute atomic E-state index is 11.8. The molecule has 1 aromatic carbocycles. The molecule has 0 unspecified atom stereocenters. The molecule has 2 rings (SSSR count). The van der Waals surface area contributed by atoms with E-state index in [1.165, 1.54) is 0 Å². The van der Waals surface area contributed by atoms with Gasteiger partial charge in [0, 0.05) is 10.7 Å². The Morgan fingerprint density at radius 2 is 2.10 bits per heavy atom. The molecule has 0 aliphatic rings. The van der Waals surface area contributed by atoms with Crippen LogP contribution in [0.5, 0.6) is 5.75 Å². The average Bonchev–Trinajstić information content (AvgIpc) is 2.92. The second-order valence-electron chi connectivity index (χ2n) is 4.33. The van der Waals surface area contributed by atoms with Crippen LogP contribution in [0.4, 0.5) is 0 Å². The van der Waals surface area contributed by atoms with Gasteiger partial charge in [-0.3, -0.25) is 4.79 Å². The van der Waals surface area contributed by atoms with Gasteiger partial charge in [-0.1, -0.05) is 0 Å². The number of rotatable bonds is 5. The number of benzene rings is 1. The average molecular weight is 350 g/mol. The van der Waals surface area contributed by atoms with Crippen molar-refractivity contribution in [1.82, 2.24) is 10.4 Å². The number of ether oxygens (including phenoxy) is 1. The van der Waals surface area contributed by atoms with Gasteiger partial charge >= 0.3 is 0 Å². The van der Waals surface area contributed by atoms with Crippen LogP contribution in [0.25, 0.3) is 0 Å². The molecule has 0 saturated carbocycles. The molecule has 1 amide bonds. The summed E-state index contributed by atoms with van der Waals surface area (Å²) in [5, 5.41) is 4.10. The van der Waals surface area contributed by atoms with Crippen molar-refractivity contribution in [2.24, 2.45) is 5.10 Å². The number of hydrogen-bond acceptors (Lipinski definition) is 3. The van der Waals surface area contributed by atoms with Gasteiger partial charge in [0.1, 0.15) is 11.4 Å². The van der Waals surface area contributed by atoms with Crippen LogP contribution in [-0.2, 0) is 0 Å². The predicted molar refractivity (Wildman–Crippen MR) is 85.8 cm³/mol. The molecule has 0 saturated heterocycles. The van der Waals surface area contributed by atoms with Crippen molar-refractivity contribution < 1.29 is 9.53 Å². The van der Waals surface area contributed by atoms with Crippen molar-refractivity contribution in [1.29, 1.82) is 0 Å². The minimum Gasteiger partial charge on any atom is -0.494 e. The zero-order valence-electron chi connectivity index (χ0n) is 11.8. The summed E-state index contributed by atoms with van der Waals surface area (Å²) in [5.41, 5.74) is 4.61. The fourth-order valence-corrected chi connectivity index (χ4v) is 2.06. The van der Waals surface area contributed by atoms with E-state index < -0.39 is 0 Å². The second-order valence-corrected chi connectivity index (χ2v) is 5.24. The predicted octanol–water partition coefficient (Wildman–Crippen LogP) is 3.33. The molecule has 2 aromatic rings. The molecule has 6 heteroatoms. The molecule has 0 aliphatic carbocycles. The summed E-state index contributed by atoms with van der Waals surface area (Å²) in [6.45, 7) is 4.41. The summed E-state index contributed by atoms with van der Waals surface area (Å²) in [6.07, 6.45) is 1.69. The highest BCUT2D eigenvalue weighted by Gasteiger charge is 2.07. The molecule has 0 bridgehead atoms. The minimum absolute atomic E-state index is 0.286. The molecule has 1 heterocycles. The molecule has 21 heavy (non-hydrogen) atoms. The first-order valence-electron chi connectivity index (χ1n) is 6.52. The van der Waals surface area contributed by atoms with Gasteiger partial charge in [0.2, 0.25) is 0 Å². The zero-order valence-corrected chi connectivity index (χ0v) is 13.4. The van der Waals surface area contributed by atoms with Crippen LogP contribution >= 0.6 is 15.9 Å². The third-order valence-corrected chi connectivity index (χ3v) is 3.26. The molecule has 110 valence electrons. The molecule has 5 nitrogen and oxygen atoms in total. The van der Waals surface area contributed by atoms with Crippen LogP contribution in [-0.4, -0.2) is 23.2 Å². The monoisotopic (exact) mass is 349 g/mol. The van der Waals surface area contributed by atoms with Crippen LogP contribution in [0.15, 0.2) is 46.1 Å². The van der Waals surface area contributed by atoms with Gasteiger partial charge in [0.25, 0.3) is 5.91 Å². The van der Waals surface area contributed by atoms with Crippen LogP contribution in [0, 0.1) is 0 Å². The molecular formula is C15H16BrN3O2. The lowest BCUT2D eigenvalue weighted by Crippen LogP contribution is -2.19. The number of nitrogens with zero attached hydrogens (tertiary/aromatic N) is 1. The molecule has 2 N–H and O–H groups in total. The van der Waals surface area contributed by atoms with Crippen molar-refractivity contribution in [3.8, 4) is 5.75 Å². The summed E-state index contributed by atoms with van der Waals surface area (Å²) in [7, 11) is 0. The summed E-state index contributed by atoms with van der Waals surface area (Å²) in [5.74, 6) is 0.528. The Hall–Kier alpha value is -2.08. The largest absolute Gasteiger partial charge is 0.494 e. The summed E-state index contributed by atoms with van der Waals surface area (Å²) < 4.78 is 6.20. The van der Waals surface area contributed by atoms with Crippen molar-refractivity contribution in [2.75, 3.05) is 6.61 Å². The molecule has 0 atom stereocenters. The molecular weight excluding hydrogens is 334 g/mol. The molecule has 1 aromatic heterocycles. The Morgan fingerprint density at radius 3 is 2.67 bits per heavy atom. The Kier molecular flexibility index (Phi) is 5.16. The van der Waals surface area contributed by atoms with Crippen LogP contribution in [0.3, 0.4) is 0 Å². The minimum atomic E-state index is -0.286. The first-order chi connectivity index (χ1) is 10.1. The number of H-pyrrole nitrogens is 1. The van der Waals surface area contributed by atoms with Crippen molar-refractivity contribution in [3.05, 3.63) is 52.3 Å². The summed E-state index contributed by atoms with van der Waals surface area (Å²) in [4.78, 5) is 14.7. The number of hydrazone groups is 1. The quantitative estimate of drug-likeness (QED) is 0.642. The molecule has 0 aliphatic heterocycles. The highest BCUT2D eigenvalue weighted by atomic mass is 79.9. The summed E-state index contributed by atoms with van der Waals surface area (Å²) in [6, 6.07) is 9.25. The van der Waals surface area contributed by atoms with Crippen molar-refractivity contribution >= 4 is 27.5 Å². The molecule has 0 radical (unpaired) electrons. The van der Waals surface area contributed by atoms with E-state index in [-0.39, 0.29) is 5.91 Å². The van der Waals surface area contributed by atoms with Crippen molar-refractivity contribution in [3.63, 3.8) is 0 Å². The molecule has 0 spiro atoms. The SMILES string of the molecule is CCOc1ccc(/C(C)=N\NC(=O)c2cc(Br)c[nH]2)cc1. The number of aromatic amines is 1. The zero-order chi connectivity index (χ0) is 15.2. The Bertz CT molecular complexity index is 647. The van der Waals surface area contributed by atoms with E-state index in [1.807, 2.05) is 38.1 Å². The number of nitrogens with one attached hydrogen (secondary N) is 2. The van der Waals surface area contributed by atoms with E-state index in [4.69, 9.17) is 4.74 Å². The number of carbonyl (C=O) groups is 1. The van der Waals surface area contributed by atoms with E-state index >= 15 is 0 Å². The van der Waals surface area contributed by atoms with Crippen LogP contribution in [0.1, 0.15) is 29.9 Å². The second kappa shape index (κ2) is 7.08. The lowest BCUT2D eigenvalue weighted by atomic mass is 10.1. The first kappa shape index (κ1) is 15.3. The maximum atomic E-state index is 11.8. The van der Waals surface area contributed by atoms with E-state index in [9.17, 15) is 4.79 Å². The number of amides is 1. The highest BCUT2D eigenvalue weighted by Crippen LogP contribution is 2.13. The fraction of sp³-hybridized carbons (Fsp3) is 0.200. The van der Waals surface area contributed by atoms with Gasteiger partial charge in [-0.15, -0.1) is 0 Å². The van der Waals surface area contributed by atoms with Gasteiger partial charge in [0.15, 0.2) is 0 Å². The normalized spacial score (nSPS) is 11.3. The van der Waals surface area contributed by atoms with Gasteiger partial charge in [-0.05, 0) is 65.7 Å². The van der Waals surface area contributed by atoms with E-state index in [0.717, 1.165) is 21.5 Å². The molecule has 0 fully saturated rings. The lowest BCUT2D eigenvalue weighted by molar-refractivity contribution is 0.0950. The third kappa shape index (κ3) is 4.19. The lowest BCUT2D eigenvalue weighted by Gasteiger charge is -2.05. The van der Waals surface area contributed by atoms with Crippen LogP contribution in [0.2, 0.25) is 0 Å². The first-order valence-corrected chi connectivity index (χ1v) is 7.31. The Morgan fingerprint density at radius 1 is 1.38 bits per heavy atom. The maximum Gasteiger partial charge on any atom is 0.287 e. The smallest absolute Gasteiger partial charge is 0.287 e. The van der Waals surface area contributed by atoms with E-state index in [2.05, 4.69) is 31.4 Å². The number of carbonyl (C=O) groups excluding carboxylic acids is 1. The topological polar surface area (TPSA) is 66.5 Å². The fourth-order valence-electron chi connectivity index (χ4n) is 1.72. The van der Waals surface area contributed by atoms with Gasteiger partial charge in [0.05, 0.1) is 12.3 Å². The van der Waals surface area contributed by atoms with E-state index in [1.54, 1.807) is 12.3 Å². The third-order valence-electron chi connectivity index (χ3n) is 2.80. The standard InChI is InChI=1S/C15H16BrN3O2/c1-3-21-13-6-4-11(5-7-13)10(2)18-19-15(20)14-8-12(16)9-17-14/h4-9,17H,3H2,1-2H3,(H,19,20)/b18-10-. The Labute approximate surface area is 131 Å². The number of halogens is 1. The summed E-state index contributed by atoms with van der Waals surface area (Å²) >= 11 is 3.28. The number of aromatic nitrogens is 1. The van der Waals surface area contributed by atoms with Crippen LogP contribution < -0.4 is 10.2 Å². The Balaban J connectivity index is 2.01. The highest BCUT2D eigenvalue weighted by molar-refractivity contribution is 9.10. The number of hydrogen-bond donors (Lipinski definition) is 2. The van der Waals surface area contributed by atoms with Gasteiger partial charge in [-0.25, -0.2) is 5.43 Å².